The van der Waals surface area contributed by atoms with E-state index in [1.54, 1.807) is 19.2 Å². The molecule has 0 aliphatic rings. The zero-order chi connectivity index (χ0) is 13.1. The molecule has 0 bridgehead atoms. The number of rotatable bonds is 5. The average molecular weight is 322 g/mol. The van der Waals surface area contributed by atoms with E-state index in [1.165, 1.54) is 10.4 Å². The van der Waals surface area contributed by atoms with Crippen LogP contribution in [0.25, 0.3) is 0 Å². The SMILES string of the molecule is CCCN(C)S(=O)(=O)c1cc(CO)ccc1Br. The van der Waals surface area contributed by atoms with Gasteiger partial charge in [-0.15, -0.1) is 0 Å². The average Bonchev–Trinajstić information content (AvgIpc) is 2.29. The van der Waals surface area contributed by atoms with Crippen molar-refractivity contribution in [1.29, 1.82) is 0 Å². The van der Waals surface area contributed by atoms with Crippen LogP contribution in [0.1, 0.15) is 18.9 Å². The van der Waals surface area contributed by atoms with Gasteiger partial charge in [0.05, 0.1) is 11.5 Å². The first kappa shape index (κ1) is 14.6. The summed E-state index contributed by atoms with van der Waals surface area (Å²) in [6.07, 6.45) is 0.757. The Balaban J connectivity index is 3.22. The summed E-state index contributed by atoms with van der Waals surface area (Å²) in [7, 11) is -1.94. The molecule has 0 radical (unpaired) electrons. The molecule has 96 valence electrons. The highest BCUT2D eigenvalue weighted by atomic mass is 79.9. The summed E-state index contributed by atoms with van der Waals surface area (Å²) in [4.78, 5) is 0.194. The van der Waals surface area contributed by atoms with E-state index < -0.39 is 10.0 Å². The Bertz CT molecular complexity index is 487. The van der Waals surface area contributed by atoms with Crippen LogP contribution >= 0.6 is 15.9 Å². The molecule has 0 fully saturated rings. The first-order valence-electron chi connectivity index (χ1n) is 5.29. The number of aliphatic hydroxyl groups is 1. The molecule has 0 spiro atoms. The number of hydrogen-bond acceptors (Lipinski definition) is 3. The molecule has 0 aliphatic heterocycles. The molecule has 1 N–H and O–H groups in total. The van der Waals surface area contributed by atoms with Gasteiger partial charge in [0, 0.05) is 18.1 Å². The number of benzene rings is 1. The van der Waals surface area contributed by atoms with Crippen molar-refractivity contribution in [3.8, 4) is 0 Å². The molecule has 0 saturated heterocycles. The van der Waals surface area contributed by atoms with Crippen molar-refractivity contribution in [1.82, 2.24) is 4.31 Å². The molecule has 6 heteroatoms. The van der Waals surface area contributed by atoms with Gasteiger partial charge in [0.15, 0.2) is 0 Å². The quantitative estimate of drug-likeness (QED) is 0.902. The fourth-order valence-electron chi connectivity index (χ4n) is 1.45. The lowest BCUT2D eigenvalue weighted by Gasteiger charge is -2.17. The van der Waals surface area contributed by atoms with Crippen LogP contribution in [0.5, 0.6) is 0 Å². The zero-order valence-electron chi connectivity index (χ0n) is 9.85. The van der Waals surface area contributed by atoms with E-state index in [-0.39, 0.29) is 11.5 Å². The molecule has 17 heavy (non-hydrogen) atoms. The predicted molar refractivity (Wildman–Crippen MR) is 70.2 cm³/mol. The number of nitrogens with zero attached hydrogens (tertiary/aromatic N) is 1. The standard InChI is InChI=1S/C11H16BrNO3S/c1-3-6-13(2)17(15,16)11-7-9(8-14)4-5-10(11)12/h4-5,7,14H,3,6,8H2,1-2H3. The third kappa shape index (κ3) is 3.28. The lowest BCUT2D eigenvalue weighted by atomic mass is 10.2. The van der Waals surface area contributed by atoms with E-state index >= 15 is 0 Å². The highest BCUT2D eigenvalue weighted by Crippen LogP contribution is 2.25. The van der Waals surface area contributed by atoms with Crippen LogP contribution in [0.3, 0.4) is 0 Å². The van der Waals surface area contributed by atoms with Gasteiger partial charge in [0.25, 0.3) is 0 Å². The summed E-state index contributed by atoms with van der Waals surface area (Å²) < 4.78 is 26.3. The minimum Gasteiger partial charge on any atom is -0.392 e. The Morgan fingerprint density at radius 1 is 1.41 bits per heavy atom. The molecule has 0 atom stereocenters. The van der Waals surface area contributed by atoms with E-state index in [0.29, 0.717) is 16.6 Å². The Kier molecular flexibility index (Phi) is 5.12. The molecule has 1 rings (SSSR count). The largest absolute Gasteiger partial charge is 0.392 e. The van der Waals surface area contributed by atoms with Gasteiger partial charge in [-0.1, -0.05) is 13.0 Å². The van der Waals surface area contributed by atoms with Crippen LogP contribution in [0.4, 0.5) is 0 Å². The molecule has 4 nitrogen and oxygen atoms in total. The fourth-order valence-corrected chi connectivity index (χ4v) is 3.68. The van der Waals surface area contributed by atoms with E-state index in [2.05, 4.69) is 15.9 Å². The summed E-state index contributed by atoms with van der Waals surface area (Å²) in [6, 6.07) is 4.81. The van der Waals surface area contributed by atoms with Crippen LogP contribution in [0, 0.1) is 0 Å². The molecule has 0 heterocycles. The fraction of sp³-hybridized carbons (Fsp3) is 0.455. The molecule has 0 aromatic heterocycles. The molecular weight excluding hydrogens is 306 g/mol. The van der Waals surface area contributed by atoms with Crippen molar-refractivity contribution >= 4 is 26.0 Å². The maximum absolute atomic E-state index is 12.2. The number of halogens is 1. The predicted octanol–water partition coefficient (Wildman–Crippen LogP) is 1.97. The van der Waals surface area contributed by atoms with Gasteiger partial charge in [-0.05, 0) is 40.0 Å². The third-order valence-electron chi connectivity index (χ3n) is 2.40. The van der Waals surface area contributed by atoms with Gasteiger partial charge < -0.3 is 5.11 Å². The normalized spacial score (nSPS) is 12.1. The van der Waals surface area contributed by atoms with Crippen LogP contribution in [-0.4, -0.2) is 31.4 Å². The lowest BCUT2D eigenvalue weighted by Crippen LogP contribution is -2.28. The first-order valence-corrected chi connectivity index (χ1v) is 7.52. The van der Waals surface area contributed by atoms with Crippen molar-refractivity contribution < 1.29 is 13.5 Å². The van der Waals surface area contributed by atoms with Gasteiger partial charge in [0.1, 0.15) is 0 Å². The number of hydrogen-bond donors (Lipinski definition) is 1. The molecule has 0 amide bonds. The minimum absolute atomic E-state index is 0.173. The van der Waals surface area contributed by atoms with Crippen molar-refractivity contribution in [2.24, 2.45) is 0 Å². The summed E-state index contributed by atoms with van der Waals surface area (Å²) in [5, 5.41) is 9.04. The van der Waals surface area contributed by atoms with Crippen LogP contribution < -0.4 is 0 Å². The molecule has 0 aliphatic carbocycles. The topological polar surface area (TPSA) is 57.6 Å². The Morgan fingerprint density at radius 2 is 2.06 bits per heavy atom. The Morgan fingerprint density at radius 3 is 2.59 bits per heavy atom. The maximum atomic E-state index is 12.2. The second-order valence-electron chi connectivity index (χ2n) is 3.75. The van der Waals surface area contributed by atoms with Crippen LogP contribution in [-0.2, 0) is 16.6 Å². The van der Waals surface area contributed by atoms with Crippen LogP contribution in [0.2, 0.25) is 0 Å². The number of aliphatic hydroxyl groups excluding tert-OH is 1. The second kappa shape index (κ2) is 5.95. The highest BCUT2D eigenvalue weighted by molar-refractivity contribution is 9.10. The third-order valence-corrected chi connectivity index (χ3v) is 5.26. The van der Waals surface area contributed by atoms with Crippen molar-refractivity contribution in [2.45, 2.75) is 24.8 Å². The molecule has 1 aromatic rings. The van der Waals surface area contributed by atoms with Crippen LogP contribution in [0.15, 0.2) is 27.6 Å². The monoisotopic (exact) mass is 321 g/mol. The van der Waals surface area contributed by atoms with E-state index in [9.17, 15) is 8.42 Å². The molecule has 1 aromatic carbocycles. The smallest absolute Gasteiger partial charge is 0.243 e. The van der Waals surface area contributed by atoms with Gasteiger partial charge in [-0.2, -0.15) is 0 Å². The summed E-state index contributed by atoms with van der Waals surface area (Å²) in [5.74, 6) is 0. The summed E-state index contributed by atoms with van der Waals surface area (Å²) in [6.45, 7) is 2.22. The van der Waals surface area contributed by atoms with E-state index in [0.717, 1.165) is 6.42 Å². The first-order chi connectivity index (χ1) is 7.93. The van der Waals surface area contributed by atoms with Gasteiger partial charge in [0.2, 0.25) is 10.0 Å². The minimum atomic E-state index is -3.49. The Labute approximate surface area is 110 Å². The van der Waals surface area contributed by atoms with Crippen molar-refractivity contribution in [2.75, 3.05) is 13.6 Å². The second-order valence-corrected chi connectivity index (χ2v) is 6.62. The van der Waals surface area contributed by atoms with Gasteiger partial charge in [-0.3, -0.25) is 0 Å². The van der Waals surface area contributed by atoms with Crippen molar-refractivity contribution in [3.05, 3.63) is 28.2 Å². The van der Waals surface area contributed by atoms with E-state index in [4.69, 9.17) is 5.11 Å². The zero-order valence-corrected chi connectivity index (χ0v) is 12.3. The highest BCUT2D eigenvalue weighted by Gasteiger charge is 2.22. The van der Waals surface area contributed by atoms with Crippen molar-refractivity contribution in [3.63, 3.8) is 0 Å². The van der Waals surface area contributed by atoms with Gasteiger partial charge in [-0.25, -0.2) is 12.7 Å². The molecule has 0 saturated carbocycles. The maximum Gasteiger partial charge on any atom is 0.243 e. The van der Waals surface area contributed by atoms with Gasteiger partial charge >= 0.3 is 0 Å². The molecule has 0 unspecified atom stereocenters. The van der Waals surface area contributed by atoms with E-state index in [1.807, 2.05) is 6.92 Å². The summed E-state index contributed by atoms with van der Waals surface area (Å²) in [5.41, 5.74) is 0.580. The Hall–Kier alpha value is -0.430. The lowest BCUT2D eigenvalue weighted by molar-refractivity contribution is 0.281. The number of sulfonamides is 1. The molecular formula is C11H16BrNO3S. The summed E-state index contributed by atoms with van der Waals surface area (Å²) >= 11 is 3.23.